The van der Waals surface area contributed by atoms with E-state index in [9.17, 15) is 18.0 Å². The highest BCUT2D eigenvalue weighted by Gasteiger charge is 2.42. The van der Waals surface area contributed by atoms with Crippen LogP contribution in [0.4, 0.5) is 13.2 Å². The summed E-state index contributed by atoms with van der Waals surface area (Å²) in [6.07, 6.45) is -1.21. The van der Waals surface area contributed by atoms with E-state index in [4.69, 9.17) is 0 Å². The Kier molecular flexibility index (Phi) is 4.62. The molecule has 3 rings (SSSR count). The molecule has 128 valence electrons. The van der Waals surface area contributed by atoms with E-state index in [2.05, 4.69) is 10.6 Å². The molecular formula is C17H18F3N3O. The summed E-state index contributed by atoms with van der Waals surface area (Å²) in [5.74, 6) is -1.76. The number of alkyl halides is 3. The molecule has 2 heterocycles. The zero-order valence-corrected chi connectivity index (χ0v) is 12.9. The van der Waals surface area contributed by atoms with E-state index in [0.717, 1.165) is 5.69 Å². The Labute approximate surface area is 137 Å². The van der Waals surface area contributed by atoms with E-state index >= 15 is 0 Å². The fraction of sp³-hybridized carbons (Fsp3) is 0.353. The van der Waals surface area contributed by atoms with Crippen LogP contribution in [0, 0.1) is 5.92 Å². The van der Waals surface area contributed by atoms with Crippen molar-refractivity contribution in [1.29, 1.82) is 0 Å². The smallest absolute Gasteiger partial charge is 0.337 e. The standard InChI is InChI=1S/C17H18F3N3O/c18-17(19,20)13-7-8-21-15(11-13)22-16(24)12-3-5-14(6-4-12)23-9-1-2-10-23/h1-6,9-10,13,15,21H,7-8,11H2,(H,22,24). The lowest BCUT2D eigenvalue weighted by Gasteiger charge is -2.32. The maximum atomic E-state index is 12.8. The van der Waals surface area contributed by atoms with Crippen LogP contribution in [-0.2, 0) is 0 Å². The van der Waals surface area contributed by atoms with Crippen molar-refractivity contribution < 1.29 is 18.0 Å². The summed E-state index contributed by atoms with van der Waals surface area (Å²) >= 11 is 0. The van der Waals surface area contributed by atoms with Gasteiger partial charge in [0.1, 0.15) is 0 Å². The molecule has 1 aliphatic heterocycles. The number of amides is 1. The van der Waals surface area contributed by atoms with Gasteiger partial charge in [-0.1, -0.05) is 0 Å². The first-order valence-electron chi connectivity index (χ1n) is 7.78. The molecule has 1 saturated heterocycles. The molecule has 1 fully saturated rings. The number of aromatic nitrogens is 1. The number of nitrogens with zero attached hydrogens (tertiary/aromatic N) is 1. The van der Waals surface area contributed by atoms with E-state index in [1.807, 2.05) is 29.1 Å². The maximum absolute atomic E-state index is 12.8. The van der Waals surface area contributed by atoms with E-state index in [-0.39, 0.29) is 25.3 Å². The quantitative estimate of drug-likeness (QED) is 0.904. The lowest BCUT2D eigenvalue weighted by molar-refractivity contribution is -0.183. The van der Waals surface area contributed by atoms with Gasteiger partial charge in [-0.05, 0) is 55.8 Å². The van der Waals surface area contributed by atoms with Gasteiger partial charge in [0, 0.05) is 23.6 Å². The Morgan fingerprint density at radius 2 is 1.83 bits per heavy atom. The molecule has 0 radical (unpaired) electrons. The summed E-state index contributed by atoms with van der Waals surface area (Å²) in [6.45, 7) is 0.238. The third kappa shape index (κ3) is 3.79. The zero-order valence-electron chi connectivity index (χ0n) is 12.9. The number of halogens is 3. The molecule has 0 saturated carbocycles. The van der Waals surface area contributed by atoms with E-state index < -0.39 is 18.3 Å². The fourth-order valence-corrected chi connectivity index (χ4v) is 2.86. The van der Waals surface area contributed by atoms with Crippen LogP contribution in [0.25, 0.3) is 5.69 Å². The second-order valence-corrected chi connectivity index (χ2v) is 5.88. The van der Waals surface area contributed by atoms with Crippen molar-refractivity contribution in [3.63, 3.8) is 0 Å². The summed E-state index contributed by atoms with van der Waals surface area (Å²) in [6, 6.07) is 10.7. The summed E-state index contributed by atoms with van der Waals surface area (Å²) in [7, 11) is 0. The number of hydrogen-bond donors (Lipinski definition) is 2. The summed E-state index contributed by atoms with van der Waals surface area (Å²) < 4.78 is 40.3. The average molecular weight is 337 g/mol. The first kappa shape index (κ1) is 16.6. The molecule has 2 N–H and O–H groups in total. The monoisotopic (exact) mass is 337 g/mol. The predicted octanol–water partition coefficient (Wildman–Crippen LogP) is 3.10. The number of carbonyl (C=O) groups excluding carboxylic acids is 1. The highest BCUT2D eigenvalue weighted by Crippen LogP contribution is 2.33. The van der Waals surface area contributed by atoms with Crippen molar-refractivity contribution >= 4 is 5.91 Å². The predicted molar refractivity (Wildman–Crippen MR) is 83.8 cm³/mol. The van der Waals surface area contributed by atoms with Gasteiger partial charge in [-0.3, -0.25) is 10.1 Å². The molecule has 2 unspecified atom stereocenters. The Hall–Kier alpha value is -2.28. The summed E-state index contributed by atoms with van der Waals surface area (Å²) in [5, 5.41) is 5.55. The van der Waals surface area contributed by atoms with Gasteiger partial charge < -0.3 is 9.88 Å². The SMILES string of the molecule is O=C(NC1CC(C(F)(F)F)CCN1)c1ccc(-n2cccc2)cc1. The molecule has 0 spiro atoms. The van der Waals surface area contributed by atoms with Crippen molar-refractivity contribution in [2.75, 3.05) is 6.54 Å². The van der Waals surface area contributed by atoms with Crippen molar-refractivity contribution in [2.24, 2.45) is 5.92 Å². The molecular weight excluding hydrogens is 319 g/mol. The highest BCUT2D eigenvalue weighted by atomic mass is 19.4. The normalized spacial score (nSPS) is 21.5. The molecule has 2 aromatic rings. The molecule has 1 aromatic carbocycles. The minimum atomic E-state index is -4.22. The second-order valence-electron chi connectivity index (χ2n) is 5.88. The van der Waals surface area contributed by atoms with Crippen molar-refractivity contribution in [1.82, 2.24) is 15.2 Å². The van der Waals surface area contributed by atoms with Gasteiger partial charge in [-0.25, -0.2) is 0 Å². The lowest BCUT2D eigenvalue weighted by atomic mass is 9.95. The van der Waals surface area contributed by atoms with Crippen molar-refractivity contribution in [3.05, 3.63) is 54.4 Å². The van der Waals surface area contributed by atoms with Gasteiger partial charge in [0.05, 0.1) is 12.1 Å². The molecule has 0 aliphatic carbocycles. The average Bonchev–Trinajstić information content (AvgIpc) is 3.09. The van der Waals surface area contributed by atoms with Crippen LogP contribution in [0.3, 0.4) is 0 Å². The van der Waals surface area contributed by atoms with Gasteiger partial charge in [0.25, 0.3) is 5.91 Å². The molecule has 1 amide bonds. The van der Waals surface area contributed by atoms with Gasteiger partial charge in [0.2, 0.25) is 0 Å². The third-order valence-electron chi connectivity index (χ3n) is 4.20. The molecule has 4 nitrogen and oxygen atoms in total. The first-order chi connectivity index (χ1) is 11.4. The number of nitrogens with one attached hydrogen (secondary N) is 2. The Bertz CT molecular complexity index is 680. The van der Waals surface area contributed by atoms with Crippen LogP contribution in [0.15, 0.2) is 48.8 Å². The molecule has 0 bridgehead atoms. The van der Waals surface area contributed by atoms with E-state index in [1.54, 1.807) is 24.3 Å². The van der Waals surface area contributed by atoms with Crippen LogP contribution in [0.1, 0.15) is 23.2 Å². The fourth-order valence-electron chi connectivity index (χ4n) is 2.86. The van der Waals surface area contributed by atoms with Crippen LogP contribution >= 0.6 is 0 Å². The number of carbonyl (C=O) groups is 1. The van der Waals surface area contributed by atoms with E-state index in [1.165, 1.54) is 0 Å². The van der Waals surface area contributed by atoms with Crippen LogP contribution in [0.5, 0.6) is 0 Å². The Balaban J connectivity index is 1.62. The zero-order chi connectivity index (χ0) is 17.2. The van der Waals surface area contributed by atoms with Gasteiger partial charge in [-0.2, -0.15) is 13.2 Å². The van der Waals surface area contributed by atoms with Crippen LogP contribution < -0.4 is 10.6 Å². The molecule has 7 heteroatoms. The lowest BCUT2D eigenvalue weighted by Crippen LogP contribution is -2.52. The number of rotatable bonds is 3. The third-order valence-corrected chi connectivity index (χ3v) is 4.20. The van der Waals surface area contributed by atoms with E-state index in [0.29, 0.717) is 5.56 Å². The number of piperidine rings is 1. The maximum Gasteiger partial charge on any atom is 0.391 e. The van der Waals surface area contributed by atoms with Crippen molar-refractivity contribution in [2.45, 2.75) is 25.2 Å². The Morgan fingerprint density at radius 1 is 1.17 bits per heavy atom. The minimum Gasteiger partial charge on any atom is -0.337 e. The second kappa shape index (κ2) is 6.68. The van der Waals surface area contributed by atoms with Crippen molar-refractivity contribution in [3.8, 4) is 5.69 Å². The number of hydrogen-bond acceptors (Lipinski definition) is 2. The molecule has 24 heavy (non-hydrogen) atoms. The summed E-state index contributed by atoms with van der Waals surface area (Å²) in [5.41, 5.74) is 1.33. The Morgan fingerprint density at radius 3 is 2.46 bits per heavy atom. The largest absolute Gasteiger partial charge is 0.391 e. The molecule has 2 atom stereocenters. The molecule has 1 aliphatic rings. The summed E-state index contributed by atoms with van der Waals surface area (Å²) in [4.78, 5) is 12.2. The molecule has 1 aromatic heterocycles. The van der Waals surface area contributed by atoms with Crippen LogP contribution in [-0.4, -0.2) is 29.4 Å². The topological polar surface area (TPSA) is 46.1 Å². The van der Waals surface area contributed by atoms with Gasteiger partial charge >= 0.3 is 6.18 Å². The minimum absolute atomic E-state index is 0.0431. The van der Waals surface area contributed by atoms with Gasteiger partial charge in [0.15, 0.2) is 0 Å². The first-order valence-corrected chi connectivity index (χ1v) is 7.78. The van der Waals surface area contributed by atoms with Crippen LogP contribution in [0.2, 0.25) is 0 Å². The van der Waals surface area contributed by atoms with Gasteiger partial charge in [-0.15, -0.1) is 0 Å². The number of benzene rings is 1. The highest BCUT2D eigenvalue weighted by molar-refractivity contribution is 5.94.